The van der Waals surface area contributed by atoms with E-state index in [0.29, 0.717) is 0 Å². The second-order valence-electron chi connectivity index (χ2n) is 7.19. The molecule has 0 aliphatic heterocycles. The van der Waals surface area contributed by atoms with Crippen molar-refractivity contribution in [1.29, 1.82) is 0 Å². The van der Waals surface area contributed by atoms with E-state index in [2.05, 4.69) is 0 Å². The molecule has 0 saturated heterocycles. The summed E-state index contributed by atoms with van der Waals surface area (Å²) < 4.78 is 15.6. The van der Waals surface area contributed by atoms with Gasteiger partial charge in [0.15, 0.2) is 0 Å². The molecule has 2 rings (SSSR count). The second-order valence-corrected chi connectivity index (χ2v) is 7.19. The predicted octanol–water partition coefficient (Wildman–Crippen LogP) is -4.54. The number of rotatable bonds is 8. The van der Waals surface area contributed by atoms with Gasteiger partial charge >= 0.3 is 0 Å². The maximum absolute atomic E-state index is 9.82. The first-order valence-electron chi connectivity index (χ1n) is 11.2. The molecular formula is C20H42O13. The van der Waals surface area contributed by atoms with Crippen LogP contribution in [0.15, 0.2) is 0 Å². The molecule has 8 unspecified atom stereocenters. The van der Waals surface area contributed by atoms with Gasteiger partial charge in [0.05, 0.1) is 26.4 Å². The first kappa shape index (κ1) is 32.5. The smallest absolute Gasteiger partial charge is 0.115 e. The Morgan fingerprint density at radius 1 is 0.364 bits per heavy atom. The fraction of sp³-hybridized carbons (Fsp3) is 1.00. The van der Waals surface area contributed by atoms with Crippen LogP contribution >= 0.6 is 0 Å². The summed E-state index contributed by atoms with van der Waals surface area (Å²) >= 11 is 0. The number of hydrogen-bond donors (Lipinski definition) is 10. The highest BCUT2D eigenvalue weighted by Crippen LogP contribution is 2.25. The SMILES string of the molecule is CC.CC.OC1C(O)[C@@H](O)C(OCCOCCOC2C(O)[C@@H](O)C(O)[C@@H](O)C2O)[C@@H](O)C1O. The van der Waals surface area contributed by atoms with Crippen LogP contribution in [-0.2, 0) is 14.2 Å². The van der Waals surface area contributed by atoms with E-state index in [1.54, 1.807) is 0 Å². The first-order chi connectivity index (χ1) is 15.6. The summed E-state index contributed by atoms with van der Waals surface area (Å²) in [4.78, 5) is 0. The molecule has 12 atom stereocenters. The normalized spacial score (nSPS) is 43.1. The van der Waals surface area contributed by atoms with E-state index in [0.717, 1.165) is 0 Å². The molecule has 0 aromatic heterocycles. The minimum atomic E-state index is -1.71. The lowest BCUT2D eigenvalue weighted by molar-refractivity contribution is -0.240. The molecule has 13 heteroatoms. The number of ether oxygens (including phenoxy) is 3. The first-order valence-corrected chi connectivity index (χ1v) is 11.2. The van der Waals surface area contributed by atoms with E-state index >= 15 is 0 Å². The third kappa shape index (κ3) is 8.28. The third-order valence-electron chi connectivity index (χ3n) is 5.22. The summed E-state index contributed by atoms with van der Waals surface area (Å²) in [5.74, 6) is 0. The van der Waals surface area contributed by atoms with Crippen molar-refractivity contribution in [2.75, 3.05) is 26.4 Å². The van der Waals surface area contributed by atoms with Crippen molar-refractivity contribution < 1.29 is 65.3 Å². The lowest BCUT2D eigenvalue weighted by Crippen LogP contribution is -2.64. The monoisotopic (exact) mass is 490 g/mol. The minimum absolute atomic E-state index is 0.0478. The van der Waals surface area contributed by atoms with Crippen molar-refractivity contribution in [2.45, 2.75) is 101 Å². The summed E-state index contributed by atoms with van der Waals surface area (Å²) in [5, 5.41) is 96.6. The minimum Gasteiger partial charge on any atom is -0.387 e. The molecule has 0 amide bonds. The molecule has 10 N–H and O–H groups in total. The van der Waals surface area contributed by atoms with Crippen LogP contribution in [0.3, 0.4) is 0 Å². The topological polar surface area (TPSA) is 230 Å². The maximum atomic E-state index is 9.82. The summed E-state index contributed by atoms with van der Waals surface area (Å²) in [6, 6.07) is 0. The molecule has 0 aromatic rings. The molecular weight excluding hydrogens is 448 g/mol. The van der Waals surface area contributed by atoms with Crippen LogP contribution in [0.5, 0.6) is 0 Å². The number of aliphatic hydroxyl groups is 10. The van der Waals surface area contributed by atoms with Gasteiger partial charge in [-0.15, -0.1) is 0 Å². The zero-order chi connectivity index (χ0) is 25.9. The standard InChI is InChI=1S/C16H30O13.2C2H6/c17-5-7(19)11(23)15(12(24)8(5)20)28-3-1-27-2-4-29-16-13(25)9(21)6(18)10(22)14(16)26;2*1-2/h5-26H,1-4H2;2*1-2H3/t5?,6?,7-,8+,9?,10?,11?,12?,13-,14+,15?,16?;;. The van der Waals surface area contributed by atoms with Crippen molar-refractivity contribution in [3.05, 3.63) is 0 Å². The second kappa shape index (κ2) is 16.2. The highest BCUT2D eigenvalue weighted by molar-refractivity contribution is 5.00. The average Bonchev–Trinajstić information content (AvgIpc) is 2.84. The Balaban J connectivity index is 0.00000242. The molecule has 2 fully saturated rings. The Labute approximate surface area is 193 Å². The molecule has 200 valence electrons. The highest BCUT2D eigenvalue weighted by atomic mass is 16.6. The zero-order valence-corrected chi connectivity index (χ0v) is 19.5. The van der Waals surface area contributed by atoms with Crippen LogP contribution in [0.4, 0.5) is 0 Å². The zero-order valence-electron chi connectivity index (χ0n) is 19.5. The Bertz CT molecular complexity index is 425. The van der Waals surface area contributed by atoms with Crippen molar-refractivity contribution in [2.24, 2.45) is 0 Å². The quantitative estimate of drug-likeness (QED) is 0.145. The van der Waals surface area contributed by atoms with Gasteiger partial charge in [0.25, 0.3) is 0 Å². The lowest BCUT2D eigenvalue weighted by Gasteiger charge is -2.41. The Hall–Kier alpha value is -0.520. The Morgan fingerprint density at radius 3 is 0.818 bits per heavy atom. The van der Waals surface area contributed by atoms with Crippen LogP contribution in [0.2, 0.25) is 0 Å². The van der Waals surface area contributed by atoms with Crippen LogP contribution in [0.1, 0.15) is 27.7 Å². The average molecular weight is 491 g/mol. The van der Waals surface area contributed by atoms with Crippen molar-refractivity contribution in [3.63, 3.8) is 0 Å². The van der Waals surface area contributed by atoms with Crippen molar-refractivity contribution in [1.82, 2.24) is 0 Å². The van der Waals surface area contributed by atoms with E-state index in [1.807, 2.05) is 27.7 Å². The largest absolute Gasteiger partial charge is 0.387 e. The van der Waals surface area contributed by atoms with Gasteiger partial charge in [-0.2, -0.15) is 0 Å². The molecule has 33 heavy (non-hydrogen) atoms. The van der Waals surface area contributed by atoms with Gasteiger partial charge in [0, 0.05) is 0 Å². The lowest BCUT2D eigenvalue weighted by atomic mass is 9.85. The fourth-order valence-corrected chi connectivity index (χ4v) is 3.38. The molecule has 13 nitrogen and oxygen atoms in total. The summed E-state index contributed by atoms with van der Waals surface area (Å²) in [7, 11) is 0. The Morgan fingerprint density at radius 2 is 0.576 bits per heavy atom. The summed E-state index contributed by atoms with van der Waals surface area (Å²) in [6.07, 6.45) is -19.3. The van der Waals surface area contributed by atoms with Crippen LogP contribution < -0.4 is 0 Å². The Kier molecular flexibility index (Phi) is 16.0. The van der Waals surface area contributed by atoms with Crippen molar-refractivity contribution in [3.8, 4) is 0 Å². The van der Waals surface area contributed by atoms with Gasteiger partial charge < -0.3 is 65.3 Å². The summed E-state index contributed by atoms with van der Waals surface area (Å²) in [6.45, 7) is 7.61. The predicted molar refractivity (Wildman–Crippen MR) is 113 cm³/mol. The molecule has 0 aromatic carbocycles. The third-order valence-corrected chi connectivity index (χ3v) is 5.22. The highest BCUT2D eigenvalue weighted by Gasteiger charge is 2.49. The molecule has 0 bridgehead atoms. The van der Waals surface area contributed by atoms with Gasteiger partial charge in [-0.3, -0.25) is 0 Å². The molecule has 2 saturated carbocycles. The van der Waals surface area contributed by atoms with E-state index in [-0.39, 0.29) is 26.4 Å². The van der Waals surface area contributed by atoms with Crippen molar-refractivity contribution >= 4 is 0 Å². The summed E-state index contributed by atoms with van der Waals surface area (Å²) in [5.41, 5.74) is 0. The number of aliphatic hydroxyl groups excluding tert-OH is 10. The van der Waals surface area contributed by atoms with Gasteiger partial charge in [0.2, 0.25) is 0 Å². The van der Waals surface area contributed by atoms with Crippen LogP contribution in [0.25, 0.3) is 0 Å². The molecule has 0 spiro atoms. The van der Waals surface area contributed by atoms with Gasteiger partial charge in [0.1, 0.15) is 73.2 Å². The molecule has 2 aliphatic rings. The van der Waals surface area contributed by atoms with Gasteiger partial charge in [-0.1, -0.05) is 27.7 Å². The molecule has 0 radical (unpaired) electrons. The van der Waals surface area contributed by atoms with Gasteiger partial charge in [-0.25, -0.2) is 0 Å². The van der Waals surface area contributed by atoms with Crippen LogP contribution in [-0.4, -0.2) is 151 Å². The molecule has 2 aliphatic carbocycles. The number of hydrogen-bond acceptors (Lipinski definition) is 13. The maximum Gasteiger partial charge on any atom is 0.115 e. The van der Waals surface area contributed by atoms with E-state index in [9.17, 15) is 51.1 Å². The van der Waals surface area contributed by atoms with Crippen LogP contribution in [0, 0.1) is 0 Å². The molecule has 0 heterocycles. The van der Waals surface area contributed by atoms with Gasteiger partial charge in [-0.05, 0) is 0 Å². The van der Waals surface area contributed by atoms with E-state index in [4.69, 9.17) is 14.2 Å². The van der Waals surface area contributed by atoms with E-state index < -0.39 is 73.2 Å². The fourth-order valence-electron chi connectivity index (χ4n) is 3.38. The van der Waals surface area contributed by atoms with E-state index in [1.165, 1.54) is 0 Å².